The van der Waals surface area contributed by atoms with Crippen molar-refractivity contribution in [2.45, 2.75) is 34.1 Å². The van der Waals surface area contributed by atoms with Crippen molar-refractivity contribution in [1.82, 2.24) is 0 Å². The first-order valence-corrected chi connectivity index (χ1v) is 7.34. The lowest BCUT2D eigenvalue weighted by molar-refractivity contribution is -0.120. The number of benzene rings is 2. The molecule has 0 bridgehead atoms. The molecule has 104 valence electrons. The van der Waals surface area contributed by atoms with Gasteiger partial charge in [-0.2, -0.15) is 0 Å². The second-order valence-electron chi connectivity index (χ2n) is 7.20. The van der Waals surface area contributed by atoms with Crippen LogP contribution in [0.2, 0.25) is 0 Å². The predicted octanol–water partition coefficient (Wildman–Crippen LogP) is 4.63. The highest BCUT2D eigenvalue weighted by atomic mass is 16.1. The lowest BCUT2D eigenvalue weighted by Crippen LogP contribution is -2.10. The Bertz CT molecular complexity index is 665. The summed E-state index contributed by atoms with van der Waals surface area (Å²) in [6, 6.07) is 14.6. The molecule has 0 amide bonds. The molecule has 1 saturated carbocycles. The summed E-state index contributed by atoms with van der Waals surface area (Å²) < 4.78 is 0. The molecule has 0 spiro atoms. The van der Waals surface area contributed by atoms with E-state index >= 15 is 0 Å². The van der Waals surface area contributed by atoms with E-state index < -0.39 is 0 Å². The van der Waals surface area contributed by atoms with Gasteiger partial charge in [0.15, 0.2) is 0 Å². The van der Waals surface area contributed by atoms with Gasteiger partial charge >= 0.3 is 0 Å². The fourth-order valence-electron chi connectivity index (χ4n) is 3.65. The quantitative estimate of drug-likeness (QED) is 0.791. The molecule has 20 heavy (non-hydrogen) atoms. The highest BCUT2D eigenvalue weighted by molar-refractivity contribution is 5.90. The maximum Gasteiger partial charge on any atom is 0.141 e. The normalized spacial score (nSPS) is 20.0. The molecule has 2 aromatic carbocycles. The van der Waals surface area contributed by atoms with Gasteiger partial charge in [0.05, 0.1) is 0 Å². The van der Waals surface area contributed by atoms with E-state index in [2.05, 4.69) is 58.0 Å². The molecule has 1 aliphatic carbocycles. The zero-order valence-corrected chi connectivity index (χ0v) is 12.7. The van der Waals surface area contributed by atoms with Crippen LogP contribution in [0.15, 0.2) is 42.5 Å². The van der Waals surface area contributed by atoms with E-state index in [4.69, 9.17) is 0 Å². The first-order chi connectivity index (χ1) is 9.34. The van der Waals surface area contributed by atoms with E-state index in [1.807, 2.05) is 12.1 Å². The number of Topliss-reactive ketones (excluding diaryl/α,β-unsaturated/α-hetero) is 1. The van der Waals surface area contributed by atoms with Crippen molar-refractivity contribution < 1.29 is 4.79 Å². The molecule has 1 nitrogen and oxygen atoms in total. The Kier molecular flexibility index (Phi) is 2.79. The Labute approximate surface area is 121 Å². The van der Waals surface area contributed by atoms with Crippen LogP contribution in [0, 0.1) is 16.7 Å². The Hall–Kier alpha value is -1.63. The number of hydrogen-bond donors (Lipinski definition) is 0. The van der Waals surface area contributed by atoms with Crippen molar-refractivity contribution in [3.63, 3.8) is 0 Å². The minimum atomic E-state index is 0.140. The van der Waals surface area contributed by atoms with Gasteiger partial charge in [0.2, 0.25) is 0 Å². The van der Waals surface area contributed by atoms with E-state index in [-0.39, 0.29) is 16.7 Å². The second-order valence-corrected chi connectivity index (χ2v) is 7.20. The summed E-state index contributed by atoms with van der Waals surface area (Å²) in [4.78, 5) is 12.5. The summed E-state index contributed by atoms with van der Waals surface area (Å²) in [5.41, 5.74) is 1.41. The van der Waals surface area contributed by atoms with Crippen LogP contribution in [0.25, 0.3) is 10.8 Å². The van der Waals surface area contributed by atoms with Gasteiger partial charge in [-0.3, -0.25) is 4.79 Å². The third kappa shape index (κ3) is 1.88. The minimum Gasteiger partial charge on any atom is -0.299 e. The molecule has 0 heterocycles. The fraction of sp³-hybridized carbons (Fsp3) is 0.421. The standard InChI is InChI=1S/C19H22O/c1-18(2)17(19(18,3)4)16(20)12-13-9-10-14-7-5-6-8-15(14)11-13/h5-11,17H,12H2,1-4H3. The van der Waals surface area contributed by atoms with Crippen molar-refractivity contribution >= 4 is 16.6 Å². The molecule has 2 aromatic rings. The molecule has 1 fully saturated rings. The van der Waals surface area contributed by atoms with Crippen LogP contribution in [0.1, 0.15) is 33.3 Å². The molecule has 0 radical (unpaired) electrons. The van der Waals surface area contributed by atoms with Crippen molar-refractivity contribution in [2.75, 3.05) is 0 Å². The Morgan fingerprint density at radius 2 is 1.55 bits per heavy atom. The lowest BCUT2D eigenvalue weighted by atomic mass is 9.99. The van der Waals surface area contributed by atoms with E-state index in [1.165, 1.54) is 10.8 Å². The highest BCUT2D eigenvalue weighted by Gasteiger charge is 2.67. The molecular formula is C19H22O. The SMILES string of the molecule is CC1(C)C(C(=O)Cc2ccc3ccccc3c2)C1(C)C. The van der Waals surface area contributed by atoms with Gasteiger partial charge in [-0.25, -0.2) is 0 Å². The van der Waals surface area contributed by atoms with Crippen LogP contribution in [-0.2, 0) is 11.2 Å². The monoisotopic (exact) mass is 266 g/mol. The maximum absolute atomic E-state index is 12.5. The van der Waals surface area contributed by atoms with Gasteiger partial charge in [0, 0.05) is 12.3 Å². The first-order valence-electron chi connectivity index (χ1n) is 7.34. The molecular weight excluding hydrogens is 244 g/mol. The van der Waals surface area contributed by atoms with Crippen molar-refractivity contribution in [1.29, 1.82) is 0 Å². The Morgan fingerprint density at radius 3 is 2.15 bits per heavy atom. The van der Waals surface area contributed by atoms with Gasteiger partial charge in [-0.1, -0.05) is 70.2 Å². The molecule has 1 heteroatoms. The average molecular weight is 266 g/mol. The van der Waals surface area contributed by atoms with Gasteiger partial charge < -0.3 is 0 Å². The van der Waals surface area contributed by atoms with Crippen molar-refractivity contribution in [3.8, 4) is 0 Å². The summed E-state index contributed by atoms with van der Waals surface area (Å²) in [6.07, 6.45) is 0.558. The summed E-state index contributed by atoms with van der Waals surface area (Å²) in [6.45, 7) is 8.82. The maximum atomic E-state index is 12.5. The number of fused-ring (bicyclic) bond motifs is 1. The predicted molar refractivity (Wildman–Crippen MR) is 83.7 cm³/mol. The summed E-state index contributed by atoms with van der Waals surface area (Å²) >= 11 is 0. The largest absolute Gasteiger partial charge is 0.299 e. The van der Waals surface area contributed by atoms with E-state index in [0.29, 0.717) is 12.2 Å². The van der Waals surface area contributed by atoms with Gasteiger partial charge in [0.1, 0.15) is 5.78 Å². The zero-order valence-electron chi connectivity index (χ0n) is 12.7. The summed E-state index contributed by atoms with van der Waals surface area (Å²) in [5.74, 6) is 0.580. The molecule has 0 aliphatic heterocycles. The Balaban J connectivity index is 1.82. The minimum absolute atomic E-state index is 0.140. The van der Waals surface area contributed by atoms with Crippen molar-refractivity contribution in [2.24, 2.45) is 16.7 Å². The smallest absolute Gasteiger partial charge is 0.141 e. The van der Waals surface area contributed by atoms with Crippen LogP contribution >= 0.6 is 0 Å². The van der Waals surface area contributed by atoms with E-state index in [9.17, 15) is 4.79 Å². The van der Waals surface area contributed by atoms with Gasteiger partial charge in [0.25, 0.3) is 0 Å². The van der Waals surface area contributed by atoms with Crippen LogP contribution < -0.4 is 0 Å². The summed E-state index contributed by atoms with van der Waals surface area (Å²) in [5, 5.41) is 2.45. The van der Waals surface area contributed by atoms with E-state index in [1.54, 1.807) is 0 Å². The van der Waals surface area contributed by atoms with Crippen LogP contribution in [-0.4, -0.2) is 5.78 Å². The summed E-state index contributed by atoms with van der Waals surface area (Å²) in [7, 11) is 0. The number of carbonyl (C=O) groups is 1. The van der Waals surface area contributed by atoms with Crippen LogP contribution in [0.5, 0.6) is 0 Å². The molecule has 1 aliphatic rings. The number of ketones is 1. The molecule has 0 unspecified atom stereocenters. The lowest BCUT2D eigenvalue weighted by Gasteiger charge is -2.05. The Morgan fingerprint density at radius 1 is 0.950 bits per heavy atom. The molecule has 3 rings (SSSR count). The molecule has 0 N–H and O–H groups in total. The fourth-order valence-corrected chi connectivity index (χ4v) is 3.65. The van der Waals surface area contributed by atoms with E-state index in [0.717, 1.165) is 5.56 Å². The van der Waals surface area contributed by atoms with Crippen LogP contribution in [0.4, 0.5) is 0 Å². The average Bonchev–Trinajstić information content (AvgIpc) is 2.79. The zero-order chi connectivity index (χ0) is 14.5. The molecule has 0 aromatic heterocycles. The molecule has 0 saturated heterocycles. The second kappa shape index (κ2) is 4.18. The highest BCUT2D eigenvalue weighted by Crippen LogP contribution is 2.68. The van der Waals surface area contributed by atoms with Gasteiger partial charge in [-0.05, 0) is 27.2 Å². The number of hydrogen-bond acceptors (Lipinski definition) is 1. The van der Waals surface area contributed by atoms with Crippen molar-refractivity contribution in [3.05, 3.63) is 48.0 Å². The molecule has 0 atom stereocenters. The third-order valence-corrected chi connectivity index (χ3v) is 5.53. The number of rotatable bonds is 3. The topological polar surface area (TPSA) is 17.1 Å². The van der Waals surface area contributed by atoms with Crippen LogP contribution in [0.3, 0.4) is 0 Å². The van der Waals surface area contributed by atoms with Gasteiger partial charge in [-0.15, -0.1) is 0 Å². The third-order valence-electron chi connectivity index (χ3n) is 5.53. The number of carbonyl (C=O) groups excluding carboxylic acids is 1. The first kappa shape index (κ1) is 13.4.